The van der Waals surface area contributed by atoms with Gasteiger partial charge in [0.25, 0.3) is 0 Å². The SMILES string of the molecule is NC1C2Cc3ccc(Br)cc3C12. The zero-order chi connectivity index (χ0) is 8.29. The van der Waals surface area contributed by atoms with Crippen molar-refractivity contribution in [1.82, 2.24) is 0 Å². The van der Waals surface area contributed by atoms with Gasteiger partial charge in [-0.25, -0.2) is 0 Å². The van der Waals surface area contributed by atoms with Crippen LogP contribution in [0.1, 0.15) is 17.0 Å². The predicted octanol–water partition coefficient (Wildman–Crippen LogP) is 2.05. The Balaban J connectivity index is 2.12. The number of hydrogen-bond acceptors (Lipinski definition) is 1. The highest BCUT2D eigenvalue weighted by Crippen LogP contribution is 2.55. The number of fused-ring (bicyclic) bond motifs is 3. The van der Waals surface area contributed by atoms with Gasteiger partial charge in [0.15, 0.2) is 0 Å². The molecule has 2 heteroatoms. The van der Waals surface area contributed by atoms with Crippen molar-refractivity contribution in [3.63, 3.8) is 0 Å². The molecule has 1 aromatic rings. The Morgan fingerprint density at radius 1 is 1.42 bits per heavy atom. The van der Waals surface area contributed by atoms with Crippen LogP contribution < -0.4 is 5.73 Å². The highest BCUT2D eigenvalue weighted by Gasteiger charge is 2.53. The van der Waals surface area contributed by atoms with Gasteiger partial charge >= 0.3 is 0 Å². The summed E-state index contributed by atoms with van der Waals surface area (Å²) in [5.74, 6) is 1.44. The Morgan fingerprint density at radius 2 is 2.25 bits per heavy atom. The van der Waals surface area contributed by atoms with Gasteiger partial charge in [-0.05, 0) is 35.6 Å². The van der Waals surface area contributed by atoms with Gasteiger partial charge in [0, 0.05) is 16.4 Å². The van der Waals surface area contributed by atoms with E-state index in [-0.39, 0.29) is 0 Å². The Hall–Kier alpha value is -0.340. The summed E-state index contributed by atoms with van der Waals surface area (Å²) in [4.78, 5) is 0. The summed E-state index contributed by atoms with van der Waals surface area (Å²) in [6.45, 7) is 0. The van der Waals surface area contributed by atoms with Gasteiger partial charge in [0.05, 0.1) is 0 Å². The van der Waals surface area contributed by atoms with Gasteiger partial charge < -0.3 is 5.73 Å². The van der Waals surface area contributed by atoms with E-state index in [1.165, 1.54) is 22.0 Å². The molecule has 0 aromatic heterocycles. The van der Waals surface area contributed by atoms with Gasteiger partial charge in [-0.1, -0.05) is 22.0 Å². The molecule has 3 rings (SSSR count). The van der Waals surface area contributed by atoms with Crippen LogP contribution in [0.5, 0.6) is 0 Å². The van der Waals surface area contributed by atoms with Crippen molar-refractivity contribution in [3.05, 3.63) is 33.8 Å². The van der Waals surface area contributed by atoms with Gasteiger partial charge in [0.2, 0.25) is 0 Å². The molecule has 0 heterocycles. The third kappa shape index (κ3) is 0.771. The smallest absolute Gasteiger partial charge is 0.0178 e. The standard InChI is InChI=1S/C10H10BrN/c11-6-2-1-5-3-8-9(10(8)12)7(5)4-6/h1-2,4,8-10H,3,12H2. The normalized spacial score (nSPS) is 36.0. The van der Waals surface area contributed by atoms with Crippen molar-refractivity contribution in [2.45, 2.75) is 18.4 Å². The van der Waals surface area contributed by atoms with E-state index in [2.05, 4.69) is 34.1 Å². The first-order valence-corrected chi connectivity index (χ1v) is 5.10. The fourth-order valence-corrected chi connectivity index (χ4v) is 2.80. The zero-order valence-corrected chi connectivity index (χ0v) is 8.21. The van der Waals surface area contributed by atoms with Crippen molar-refractivity contribution in [2.24, 2.45) is 11.7 Å². The molecule has 0 bridgehead atoms. The van der Waals surface area contributed by atoms with Crippen molar-refractivity contribution in [2.75, 3.05) is 0 Å². The van der Waals surface area contributed by atoms with Crippen molar-refractivity contribution < 1.29 is 0 Å². The molecule has 3 atom stereocenters. The molecule has 1 fully saturated rings. The second kappa shape index (κ2) is 2.12. The third-order valence-corrected chi connectivity index (χ3v) is 3.65. The first kappa shape index (κ1) is 7.10. The van der Waals surface area contributed by atoms with Crippen LogP contribution in [0, 0.1) is 5.92 Å². The molecule has 2 N–H and O–H groups in total. The molecule has 2 aliphatic carbocycles. The highest BCUT2D eigenvalue weighted by atomic mass is 79.9. The van der Waals surface area contributed by atoms with E-state index < -0.39 is 0 Å². The quantitative estimate of drug-likeness (QED) is 0.717. The van der Waals surface area contributed by atoms with Crippen LogP contribution >= 0.6 is 15.9 Å². The van der Waals surface area contributed by atoms with Crippen LogP contribution in [0.2, 0.25) is 0 Å². The molecule has 12 heavy (non-hydrogen) atoms. The second-order valence-corrected chi connectivity index (χ2v) is 4.73. The summed E-state index contributed by atoms with van der Waals surface area (Å²) >= 11 is 3.49. The summed E-state index contributed by atoms with van der Waals surface area (Å²) in [5.41, 5.74) is 8.92. The summed E-state index contributed by atoms with van der Waals surface area (Å²) in [6, 6.07) is 7.02. The number of halogens is 1. The second-order valence-electron chi connectivity index (χ2n) is 3.81. The topological polar surface area (TPSA) is 26.0 Å². The molecular weight excluding hydrogens is 214 g/mol. The maximum Gasteiger partial charge on any atom is 0.0178 e. The van der Waals surface area contributed by atoms with Crippen LogP contribution in [0.3, 0.4) is 0 Å². The molecule has 3 unspecified atom stereocenters. The van der Waals surface area contributed by atoms with Gasteiger partial charge in [-0.2, -0.15) is 0 Å². The minimum atomic E-state index is 0.451. The van der Waals surface area contributed by atoms with Crippen LogP contribution in [-0.2, 0) is 6.42 Å². The first-order valence-electron chi connectivity index (χ1n) is 4.31. The Labute approximate surface area is 80.1 Å². The average molecular weight is 224 g/mol. The van der Waals surface area contributed by atoms with Gasteiger partial charge in [0.1, 0.15) is 0 Å². The molecule has 1 saturated carbocycles. The van der Waals surface area contributed by atoms with Crippen molar-refractivity contribution in [1.29, 1.82) is 0 Å². The maximum atomic E-state index is 5.92. The number of benzene rings is 1. The van der Waals surface area contributed by atoms with E-state index >= 15 is 0 Å². The summed E-state index contributed by atoms with van der Waals surface area (Å²) in [5, 5.41) is 0. The molecule has 0 amide bonds. The molecule has 0 aliphatic heterocycles. The van der Waals surface area contributed by atoms with E-state index in [1.807, 2.05) is 0 Å². The molecular formula is C10H10BrN. The molecule has 1 nitrogen and oxygen atoms in total. The molecule has 0 radical (unpaired) electrons. The van der Waals surface area contributed by atoms with Crippen LogP contribution in [0.25, 0.3) is 0 Å². The zero-order valence-electron chi connectivity index (χ0n) is 6.63. The number of hydrogen-bond donors (Lipinski definition) is 1. The summed E-state index contributed by atoms with van der Waals surface area (Å²) in [6.07, 6.45) is 1.20. The van der Waals surface area contributed by atoms with Gasteiger partial charge in [-0.15, -0.1) is 0 Å². The number of nitrogens with two attached hydrogens (primary N) is 1. The van der Waals surface area contributed by atoms with Gasteiger partial charge in [-0.3, -0.25) is 0 Å². The molecule has 1 aromatic carbocycles. The largest absolute Gasteiger partial charge is 0.327 e. The van der Waals surface area contributed by atoms with E-state index in [0.717, 1.165) is 5.92 Å². The number of rotatable bonds is 0. The van der Waals surface area contributed by atoms with Crippen LogP contribution in [0.15, 0.2) is 22.7 Å². The van der Waals surface area contributed by atoms with E-state index in [1.54, 1.807) is 0 Å². The lowest BCUT2D eigenvalue weighted by molar-refractivity contribution is 0.801. The molecule has 0 spiro atoms. The monoisotopic (exact) mass is 223 g/mol. The van der Waals surface area contributed by atoms with Crippen LogP contribution in [-0.4, -0.2) is 6.04 Å². The fourth-order valence-electron chi connectivity index (χ4n) is 2.42. The highest BCUT2D eigenvalue weighted by molar-refractivity contribution is 9.10. The molecule has 62 valence electrons. The fraction of sp³-hybridized carbons (Fsp3) is 0.400. The lowest BCUT2D eigenvalue weighted by atomic mass is 10.1. The molecule has 0 saturated heterocycles. The van der Waals surface area contributed by atoms with E-state index in [9.17, 15) is 0 Å². The van der Waals surface area contributed by atoms with E-state index in [4.69, 9.17) is 5.73 Å². The maximum absolute atomic E-state index is 5.92. The first-order chi connectivity index (χ1) is 5.77. The predicted molar refractivity (Wildman–Crippen MR) is 52.1 cm³/mol. The van der Waals surface area contributed by atoms with E-state index in [0.29, 0.717) is 12.0 Å². The average Bonchev–Trinajstić information content (AvgIpc) is 2.55. The third-order valence-electron chi connectivity index (χ3n) is 3.15. The van der Waals surface area contributed by atoms with Crippen molar-refractivity contribution in [3.8, 4) is 0 Å². The minimum Gasteiger partial charge on any atom is -0.327 e. The van der Waals surface area contributed by atoms with Crippen molar-refractivity contribution >= 4 is 15.9 Å². The van der Waals surface area contributed by atoms with Crippen LogP contribution in [0.4, 0.5) is 0 Å². The lowest BCUT2D eigenvalue weighted by Crippen LogP contribution is -2.08. The Kier molecular flexibility index (Phi) is 1.25. The Morgan fingerprint density at radius 3 is 3.08 bits per heavy atom. The Bertz CT molecular complexity index is 348. The summed E-state index contributed by atoms with van der Waals surface area (Å²) < 4.78 is 1.18. The molecule has 2 aliphatic rings. The lowest BCUT2D eigenvalue weighted by Gasteiger charge is -2.04. The minimum absolute atomic E-state index is 0.451. The summed E-state index contributed by atoms with van der Waals surface area (Å²) in [7, 11) is 0.